The summed E-state index contributed by atoms with van der Waals surface area (Å²) < 4.78 is 14.0. The SMILES string of the molecule is CC(C)(C(=O)N1C[C@H]2CNC[C@H]2C1)c1ccccc1F. The average Bonchev–Trinajstić information content (AvgIpc) is 2.98. The molecule has 0 radical (unpaired) electrons. The molecule has 0 aliphatic carbocycles. The van der Waals surface area contributed by atoms with Crippen LogP contribution in [0.1, 0.15) is 19.4 Å². The normalized spacial score (nSPS) is 25.9. The highest BCUT2D eigenvalue weighted by Gasteiger charge is 2.43. The van der Waals surface area contributed by atoms with Gasteiger partial charge in [-0.3, -0.25) is 4.79 Å². The fraction of sp³-hybridized carbons (Fsp3) is 0.562. The van der Waals surface area contributed by atoms with Gasteiger partial charge in [-0.1, -0.05) is 18.2 Å². The van der Waals surface area contributed by atoms with Gasteiger partial charge in [0.15, 0.2) is 0 Å². The monoisotopic (exact) mass is 276 g/mol. The summed E-state index contributed by atoms with van der Waals surface area (Å²) in [5.74, 6) is 0.870. The number of benzene rings is 1. The van der Waals surface area contributed by atoms with Crippen LogP contribution >= 0.6 is 0 Å². The number of carbonyl (C=O) groups is 1. The molecule has 1 amide bonds. The van der Waals surface area contributed by atoms with Crippen LogP contribution in [0.15, 0.2) is 24.3 Å². The van der Waals surface area contributed by atoms with Gasteiger partial charge in [0.05, 0.1) is 5.41 Å². The number of amides is 1. The lowest BCUT2D eigenvalue weighted by Crippen LogP contribution is -2.43. The molecule has 20 heavy (non-hydrogen) atoms. The van der Waals surface area contributed by atoms with E-state index in [4.69, 9.17) is 0 Å². The zero-order chi connectivity index (χ0) is 14.3. The third-order valence-corrected chi connectivity index (χ3v) is 4.76. The molecule has 4 heteroatoms. The molecule has 2 aliphatic heterocycles. The van der Waals surface area contributed by atoms with E-state index in [1.165, 1.54) is 6.07 Å². The van der Waals surface area contributed by atoms with Gasteiger partial charge in [-0.05, 0) is 31.7 Å². The van der Waals surface area contributed by atoms with E-state index < -0.39 is 5.41 Å². The third-order valence-electron chi connectivity index (χ3n) is 4.76. The second-order valence-electron chi connectivity index (χ2n) is 6.49. The van der Waals surface area contributed by atoms with Gasteiger partial charge in [0, 0.05) is 31.7 Å². The molecule has 0 saturated carbocycles. The minimum atomic E-state index is -0.808. The summed E-state index contributed by atoms with van der Waals surface area (Å²) in [6, 6.07) is 6.58. The van der Waals surface area contributed by atoms with E-state index >= 15 is 0 Å². The number of nitrogens with zero attached hydrogens (tertiary/aromatic N) is 1. The summed E-state index contributed by atoms with van der Waals surface area (Å²) >= 11 is 0. The van der Waals surface area contributed by atoms with E-state index in [9.17, 15) is 9.18 Å². The summed E-state index contributed by atoms with van der Waals surface area (Å²) in [5, 5.41) is 3.37. The van der Waals surface area contributed by atoms with Crippen LogP contribution in [0.2, 0.25) is 0 Å². The third kappa shape index (κ3) is 2.12. The Morgan fingerprint density at radius 3 is 2.45 bits per heavy atom. The Kier molecular flexibility index (Phi) is 3.28. The molecule has 108 valence electrons. The standard InChI is InChI=1S/C16H21FN2O/c1-16(2,13-5-3-4-6-14(13)17)15(20)19-9-11-7-18-8-12(11)10-19/h3-6,11-12,18H,7-10H2,1-2H3/t11-,12+. The quantitative estimate of drug-likeness (QED) is 0.893. The van der Waals surface area contributed by atoms with Crippen molar-refractivity contribution < 1.29 is 9.18 Å². The van der Waals surface area contributed by atoms with Crippen molar-refractivity contribution in [2.75, 3.05) is 26.2 Å². The van der Waals surface area contributed by atoms with Crippen LogP contribution in [0, 0.1) is 17.7 Å². The molecule has 2 saturated heterocycles. The first-order valence-corrected chi connectivity index (χ1v) is 7.25. The van der Waals surface area contributed by atoms with Crippen LogP contribution in [-0.2, 0) is 10.2 Å². The Morgan fingerprint density at radius 1 is 1.25 bits per heavy atom. The van der Waals surface area contributed by atoms with Gasteiger partial charge in [-0.15, -0.1) is 0 Å². The van der Waals surface area contributed by atoms with Crippen LogP contribution < -0.4 is 5.32 Å². The van der Waals surface area contributed by atoms with Crippen molar-refractivity contribution >= 4 is 5.91 Å². The van der Waals surface area contributed by atoms with Crippen LogP contribution in [0.4, 0.5) is 4.39 Å². The summed E-state index contributed by atoms with van der Waals surface area (Å²) in [5.41, 5.74) is -0.322. The van der Waals surface area contributed by atoms with Gasteiger partial charge >= 0.3 is 0 Å². The van der Waals surface area contributed by atoms with Crippen molar-refractivity contribution in [3.05, 3.63) is 35.6 Å². The zero-order valence-electron chi connectivity index (χ0n) is 12.0. The first-order valence-electron chi connectivity index (χ1n) is 7.25. The maximum Gasteiger partial charge on any atom is 0.232 e. The van der Waals surface area contributed by atoms with Gasteiger partial charge < -0.3 is 10.2 Å². The van der Waals surface area contributed by atoms with Crippen molar-refractivity contribution in [3.8, 4) is 0 Å². The van der Waals surface area contributed by atoms with Gasteiger partial charge in [0.1, 0.15) is 5.82 Å². The minimum Gasteiger partial charge on any atom is -0.341 e. The molecule has 2 atom stereocenters. The lowest BCUT2D eigenvalue weighted by Gasteiger charge is -2.30. The highest BCUT2D eigenvalue weighted by Crippen LogP contribution is 2.33. The zero-order valence-corrected chi connectivity index (χ0v) is 12.0. The summed E-state index contributed by atoms with van der Waals surface area (Å²) in [6.45, 7) is 7.23. The van der Waals surface area contributed by atoms with E-state index in [1.54, 1.807) is 18.2 Å². The average molecular weight is 276 g/mol. The lowest BCUT2D eigenvalue weighted by molar-refractivity contribution is -0.135. The minimum absolute atomic E-state index is 0.0389. The van der Waals surface area contributed by atoms with Gasteiger partial charge in [0.2, 0.25) is 5.91 Å². The molecule has 0 unspecified atom stereocenters. The molecular weight excluding hydrogens is 255 g/mol. The smallest absolute Gasteiger partial charge is 0.232 e. The Hall–Kier alpha value is -1.42. The number of halogens is 1. The van der Waals surface area contributed by atoms with Crippen molar-refractivity contribution in [1.29, 1.82) is 0 Å². The summed E-state index contributed by atoms with van der Waals surface area (Å²) in [6.07, 6.45) is 0. The first kappa shape index (κ1) is 13.6. The molecule has 0 aromatic heterocycles. The van der Waals surface area contributed by atoms with Gasteiger partial charge in [0.25, 0.3) is 0 Å². The van der Waals surface area contributed by atoms with E-state index in [-0.39, 0.29) is 11.7 Å². The predicted octanol–water partition coefficient (Wildman–Crippen LogP) is 1.78. The Bertz CT molecular complexity index is 517. The highest BCUT2D eigenvalue weighted by molar-refractivity contribution is 5.87. The number of rotatable bonds is 2. The Balaban J connectivity index is 1.81. The number of likely N-dealkylation sites (tertiary alicyclic amines) is 1. The van der Waals surface area contributed by atoms with E-state index in [2.05, 4.69) is 5.32 Å². The topological polar surface area (TPSA) is 32.3 Å². The van der Waals surface area contributed by atoms with Gasteiger partial charge in [-0.2, -0.15) is 0 Å². The predicted molar refractivity (Wildman–Crippen MR) is 75.9 cm³/mol. The number of nitrogens with one attached hydrogen (secondary N) is 1. The molecule has 3 rings (SSSR count). The number of fused-ring (bicyclic) bond motifs is 1. The molecule has 2 aliphatic rings. The summed E-state index contributed by atoms with van der Waals surface area (Å²) in [7, 11) is 0. The Labute approximate surface area is 119 Å². The largest absolute Gasteiger partial charge is 0.341 e. The van der Waals surface area contributed by atoms with Crippen molar-refractivity contribution in [1.82, 2.24) is 10.2 Å². The maximum absolute atomic E-state index is 14.0. The number of hydrogen-bond acceptors (Lipinski definition) is 2. The number of carbonyl (C=O) groups excluding carboxylic acids is 1. The molecular formula is C16H21FN2O. The fourth-order valence-electron chi connectivity index (χ4n) is 3.50. The van der Waals surface area contributed by atoms with Crippen molar-refractivity contribution in [2.45, 2.75) is 19.3 Å². The molecule has 2 heterocycles. The van der Waals surface area contributed by atoms with Crippen molar-refractivity contribution in [3.63, 3.8) is 0 Å². The second-order valence-corrected chi connectivity index (χ2v) is 6.49. The highest BCUT2D eigenvalue weighted by atomic mass is 19.1. The number of hydrogen-bond donors (Lipinski definition) is 1. The van der Waals surface area contributed by atoms with Crippen LogP contribution in [-0.4, -0.2) is 37.0 Å². The second kappa shape index (κ2) is 4.85. The maximum atomic E-state index is 14.0. The molecule has 0 bridgehead atoms. The fourth-order valence-corrected chi connectivity index (χ4v) is 3.50. The van der Waals surface area contributed by atoms with Crippen molar-refractivity contribution in [2.24, 2.45) is 11.8 Å². The first-order chi connectivity index (χ1) is 9.50. The molecule has 2 fully saturated rings. The summed E-state index contributed by atoms with van der Waals surface area (Å²) in [4.78, 5) is 14.7. The van der Waals surface area contributed by atoms with Crippen LogP contribution in [0.3, 0.4) is 0 Å². The van der Waals surface area contributed by atoms with Crippen LogP contribution in [0.5, 0.6) is 0 Å². The molecule has 1 aromatic carbocycles. The van der Waals surface area contributed by atoms with E-state index in [0.717, 1.165) is 26.2 Å². The van der Waals surface area contributed by atoms with Crippen LogP contribution in [0.25, 0.3) is 0 Å². The molecule has 3 nitrogen and oxygen atoms in total. The lowest BCUT2D eigenvalue weighted by atomic mass is 9.83. The molecule has 1 N–H and O–H groups in total. The molecule has 1 aromatic rings. The van der Waals surface area contributed by atoms with E-state index in [1.807, 2.05) is 18.7 Å². The van der Waals surface area contributed by atoms with Gasteiger partial charge in [-0.25, -0.2) is 4.39 Å². The van der Waals surface area contributed by atoms with E-state index in [0.29, 0.717) is 17.4 Å². The molecule has 0 spiro atoms. The Morgan fingerprint density at radius 2 is 1.85 bits per heavy atom.